The van der Waals surface area contributed by atoms with Crippen LogP contribution < -0.4 is 10.5 Å². The largest absolute Gasteiger partial charge is 0.488 e. The van der Waals surface area contributed by atoms with Crippen molar-refractivity contribution in [2.24, 2.45) is 5.73 Å². The summed E-state index contributed by atoms with van der Waals surface area (Å²) in [6.45, 7) is 5.02. The molecular formula is C18H21NO. The van der Waals surface area contributed by atoms with Gasteiger partial charge >= 0.3 is 0 Å². The Kier molecular flexibility index (Phi) is 3.49. The molecule has 0 bridgehead atoms. The van der Waals surface area contributed by atoms with Gasteiger partial charge in [0.05, 0.1) is 0 Å². The third-order valence-electron chi connectivity index (χ3n) is 3.96. The first-order chi connectivity index (χ1) is 9.70. The number of fused-ring (bicyclic) bond motifs is 1. The standard InChI is InChI=1S/C18H21NO/c1-12(2)15-7-3-4-8-16(15)17-9-5-6-13-10-14(11-19)20-18(13)17/h3-9,12,14H,10-11,19H2,1-2H3/t14-/m0/s1. The van der Waals surface area contributed by atoms with Crippen LogP contribution in [-0.2, 0) is 6.42 Å². The van der Waals surface area contributed by atoms with E-state index in [-0.39, 0.29) is 6.10 Å². The monoisotopic (exact) mass is 267 g/mol. The molecule has 1 aliphatic rings. The van der Waals surface area contributed by atoms with Crippen LogP contribution in [0.5, 0.6) is 5.75 Å². The molecule has 2 heteroatoms. The molecule has 2 aromatic carbocycles. The average Bonchev–Trinajstić information content (AvgIpc) is 2.90. The number of ether oxygens (including phenoxy) is 1. The fraction of sp³-hybridized carbons (Fsp3) is 0.333. The van der Waals surface area contributed by atoms with E-state index in [1.165, 1.54) is 22.3 Å². The smallest absolute Gasteiger partial charge is 0.130 e. The van der Waals surface area contributed by atoms with Crippen LogP contribution in [-0.4, -0.2) is 12.6 Å². The maximum Gasteiger partial charge on any atom is 0.130 e. The predicted molar refractivity (Wildman–Crippen MR) is 83.1 cm³/mol. The minimum atomic E-state index is 0.123. The summed E-state index contributed by atoms with van der Waals surface area (Å²) < 4.78 is 6.05. The predicted octanol–water partition coefficient (Wildman–Crippen LogP) is 3.74. The summed E-state index contributed by atoms with van der Waals surface area (Å²) >= 11 is 0. The van der Waals surface area contributed by atoms with E-state index in [1.807, 2.05) is 0 Å². The number of hydrogen-bond donors (Lipinski definition) is 1. The molecule has 1 heterocycles. The quantitative estimate of drug-likeness (QED) is 0.919. The van der Waals surface area contributed by atoms with Crippen molar-refractivity contribution in [3.05, 3.63) is 53.6 Å². The molecule has 20 heavy (non-hydrogen) atoms. The highest BCUT2D eigenvalue weighted by Gasteiger charge is 2.25. The van der Waals surface area contributed by atoms with E-state index in [0.717, 1.165) is 12.2 Å². The third-order valence-corrected chi connectivity index (χ3v) is 3.96. The van der Waals surface area contributed by atoms with Gasteiger partial charge in [-0.1, -0.05) is 56.3 Å². The van der Waals surface area contributed by atoms with Crippen LogP contribution in [0, 0.1) is 0 Å². The lowest BCUT2D eigenvalue weighted by atomic mass is 9.91. The normalized spacial score (nSPS) is 17.1. The number of nitrogens with two attached hydrogens (primary N) is 1. The van der Waals surface area contributed by atoms with Gasteiger partial charge in [0.25, 0.3) is 0 Å². The lowest BCUT2D eigenvalue weighted by Crippen LogP contribution is -2.24. The van der Waals surface area contributed by atoms with Gasteiger partial charge in [0, 0.05) is 18.5 Å². The van der Waals surface area contributed by atoms with Crippen LogP contribution in [0.4, 0.5) is 0 Å². The number of benzene rings is 2. The maximum absolute atomic E-state index is 6.05. The Labute approximate surface area is 120 Å². The Bertz CT molecular complexity index is 619. The van der Waals surface area contributed by atoms with Gasteiger partial charge in [-0.05, 0) is 22.6 Å². The SMILES string of the molecule is CC(C)c1ccccc1-c1cccc2c1O[C@H](CN)C2. The highest BCUT2D eigenvalue weighted by molar-refractivity contribution is 5.76. The Morgan fingerprint density at radius 2 is 1.85 bits per heavy atom. The van der Waals surface area contributed by atoms with Crippen LogP contribution in [0.2, 0.25) is 0 Å². The topological polar surface area (TPSA) is 35.2 Å². The molecular weight excluding hydrogens is 246 g/mol. The van der Waals surface area contributed by atoms with Crippen LogP contribution in [0.25, 0.3) is 11.1 Å². The van der Waals surface area contributed by atoms with E-state index in [2.05, 4.69) is 56.3 Å². The molecule has 0 spiro atoms. The molecule has 104 valence electrons. The van der Waals surface area contributed by atoms with Gasteiger partial charge in [-0.25, -0.2) is 0 Å². The van der Waals surface area contributed by atoms with Crippen molar-refractivity contribution in [2.45, 2.75) is 32.3 Å². The second-order valence-electron chi connectivity index (χ2n) is 5.72. The molecule has 0 aliphatic carbocycles. The van der Waals surface area contributed by atoms with Crippen LogP contribution in [0.3, 0.4) is 0 Å². The highest BCUT2D eigenvalue weighted by Crippen LogP contribution is 2.41. The molecule has 0 radical (unpaired) electrons. The number of hydrogen-bond acceptors (Lipinski definition) is 2. The Morgan fingerprint density at radius 3 is 2.60 bits per heavy atom. The fourth-order valence-electron chi connectivity index (χ4n) is 2.93. The van der Waals surface area contributed by atoms with Gasteiger partial charge in [0.2, 0.25) is 0 Å². The summed E-state index contributed by atoms with van der Waals surface area (Å²) in [7, 11) is 0. The van der Waals surface area contributed by atoms with E-state index in [9.17, 15) is 0 Å². The first-order valence-corrected chi connectivity index (χ1v) is 7.28. The maximum atomic E-state index is 6.05. The van der Waals surface area contributed by atoms with Gasteiger partial charge in [0.1, 0.15) is 11.9 Å². The third kappa shape index (κ3) is 2.20. The van der Waals surface area contributed by atoms with Gasteiger partial charge in [-0.15, -0.1) is 0 Å². The first-order valence-electron chi connectivity index (χ1n) is 7.28. The summed E-state index contributed by atoms with van der Waals surface area (Å²) in [5.74, 6) is 1.52. The number of rotatable bonds is 3. The van der Waals surface area contributed by atoms with Crippen LogP contribution in [0.1, 0.15) is 30.9 Å². The zero-order valence-corrected chi connectivity index (χ0v) is 12.1. The van der Waals surface area contributed by atoms with Gasteiger partial charge in [-0.3, -0.25) is 0 Å². The zero-order chi connectivity index (χ0) is 14.1. The molecule has 0 fully saturated rings. The summed E-state index contributed by atoms with van der Waals surface area (Å²) in [4.78, 5) is 0. The summed E-state index contributed by atoms with van der Waals surface area (Å²) in [6, 6.07) is 15.0. The average molecular weight is 267 g/mol. The lowest BCUT2D eigenvalue weighted by molar-refractivity contribution is 0.242. The van der Waals surface area contributed by atoms with Crippen molar-refractivity contribution >= 4 is 0 Å². The van der Waals surface area contributed by atoms with Gasteiger partial charge < -0.3 is 10.5 Å². The van der Waals surface area contributed by atoms with E-state index >= 15 is 0 Å². The molecule has 2 aromatic rings. The number of para-hydroxylation sites is 1. The molecule has 1 atom stereocenters. The molecule has 3 rings (SSSR count). The molecule has 1 aliphatic heterocycles. The molecule has 0 saturated carbocycles. The Balaban J connectivity index is 2.12. The summed E-state index contributed by atoms with van der Waals surface area (Å²) in [5, 5.41) is 0. The van der Waals surface area contributed by atoms with Crippen molar-refractivity contribution in [1.29, 1.82) is 0 Å². The second-order valence-corrected chi connectivity index (χ2v) is 5.72. The van der Waals surface area contributed by atoms with Crippen molar-refractivity contribution < 1.29 is 4.74 Å². The van der Waals surface area contributed by atoms with Crippen molar-refractivity contribution in [3.8, 4) is 16.9 Å². The van der Waals surface area contributed by atoms with Gasteiger partial charge in [-0.2, -0.15) is 0 Å². The lowest BCUT2D eigenvalue weighted by Gasteiger charge is -2.16. The Morgan fingerprint density at radius 1 is 1.10 bits per heavy atom. The van der Waals surface area contributed by atoms with E-state index < -0.39 is 0 Å². The van der Waals surface area contributed by atoms with Crippen molar-refractivity contribution in [1.82, 2.24) is 0 Å². The Hall–Kier alpha value is -1.80. The summed E-state index contributed by atoms with van der Waals surface area (Å²) in [6.07, 6.45) is 1.04. The minimum absolute atomic E-state index is 0.123. The second kappa shape index (κ2) is 5.29. The van der Waals surface area contributed by atoms with E-state index in [4.69, 9.17) is 10.5 Å². The van der Waals surface area contributed by atoms with Crippen LogP contribution >= 0.6 is 0 Å². The molecule has 2 N–H and O–H groups in total. The zero-order valence-electron chi connectivity index (χ0n) is 12.1. The molecule has 0 amide bonds. The van der Waals surface area contributed by atoms with Crippen LogP contribution in [0.15, 0.2) is 42.5 Å². The van der Waals surface area contributed by atoms with Gasteiger partial charge in [0.15, 0.2) is 0 Å². The minimum Gasteiger partial charge on any atom is -0.488 e. The van der Waals surface area contributed by atoms with E-state index in [1.54, 1.807) is 0 Å². The molecule has 0 saturated heterocycles. The molecule has 0 unspecified atom stereocenters. The van der Waals surface area contributed by atoms with Crippen molar-refractivity contribution in [3.63, 3.8) is 0 Å². The van der Waals surface area contributed by atoms with E-state index in [0.29, 0.717) is 12.5 Å². The van der Waals surface area contributed by atoms with Crippen molar-refractivity contribution in [2.75, 3.05) is 6.54 Å². The molecule has 0 aromatic heterocycles. The fourth-order valence-corrected chi connectivity index (χ4v) is 2.93. The first kappa shape index (κ1) is 13.2. The molecule has 2 nitrogen and oxygen atoms in total. The summed E-state index contributed by atoms with van der Waals surface area (Å²) in [5.41, 5.74) is 10.9. The highest BCUT2D eigenvalue weighted by atomic mass is 16.5.